The average molecular weight is 393 g/mol. The summed E-state index contributed by atoms with van der Waals surface area (Å²) in [5.41, 5.74) is 1.62. The Morgan fingerprint density at radius 2 is 1.88 bits per heavy atom. The lowest BCUT2D eigenvalue weighted by molar-refractivity contribution is -0.111. The predicted molar refractivity (Wildman–Crippen MR) is 103 cm³/mol. The number of nitrogens with one attached hydrogen (secondary N) is 2. The molecule has 1 heterocycles. The van der Waals surface area contributed by atoms with Gasteiger partial charge in [-0.05, 0) is 37.1 Å². The number of carbonyl (C=O) groups excluding carboxylic acids is 3. The van der Waals surface area contributed by atoms with Crippen LogP contribution in [0.4, 0.5) is 9.80 Å². The second kappa shape index (κ2) is 8.64. The minimum atomic E-state index is -0.867. The molecule has 0 aliphatic rings. The highest BCUT2D eigenvalue weighted by Crippen LogP contribution is 2.32. The van der Waals surface area contributed by atoms with Crippen LogP contribution in [0.3, 0.4) is 0 Å². The van der Waals surface area contributed by atoms with E-state index in [0.717, 1.165) is 12.0 Å². The van der Waals surface area contributed by atoms with Crippen molar-refractivity contribution in [2.24, 2.45) is 0 Å². The summed E-state index contributed by atoms with van der Waals surface area (Å²) in [7, 11) is 1.16. The van der Waals surface area contributed by atoms with Crippen LogP contribution >= 0.6 is 22.9 Å². The van der Waals surface area contributed by atoms with E-state index in [2.05, 4.69) is 15.4 Å². The van der Waals surface area contributed by atoms with Crippen molar-refractivity contribution in [3.63, 3.8) is 0 Å². The highest BCUT2D eigenvalue weighted by Gasteiger charge is 2.22. The van der Waals surface area contributed by atoms with E-state index in [-0.39, 0.29) is 5.56 Å². The van der Waals surface area contributed by atoms with Crippen LogP contribution in [0.15, 0.2) is 30.3 Å². The van der Waals surface area contributed by atoms with Crippen molar-refractivity contribution >= 4 is 51.9 Å². The fourth-order valence-electron chi connectivity index (χ4n) is 2.12. The fraction of sp³-hybridized carbons (Fsp3) is 0.167. The Balaban J connectivity index is 2.20. The molecule has 1 aromatic carbocycles. The molecule has 0 spiro atoms. The summed E-state index contributed by atoms with van der Waals surface area (Å²) in [5.74, 6) is -1.05. The molecule has 0 atom stereocenters. The Hall–Kier alpha value is -2.64. The first-order chi connectivity index (χ1) is 12.3. The first-order valence-electron chi connectivity index (χ1n) is 7.56. The first kappa shape index (κ1) is 19.7. The van der Waals surface area contributed by atoms with E-state index in [4.69, 9.17) is 11.6 Å². The van der Waals surface area contributed by atoms with Crippen LogP contribution in [-0.4, -0.2) is 25.0 Å². The molecule has 1 aromatic heterocycles. The highest BCUT2D eigenvalue weighted by molar-refractivity contribution is 7.16. The standard InChI is InChI=1S/C18H17ClN2O4S/c1-10-11(2)26-17(15(10)16(23)21-18(24)25-3)20-14(22)9-8-12-6-4-5-7-13(12)19/h4-9H,1-3H3,(H,20,22)(H,21,23,24)/b9-8+. The number of imide groups is 1. The normalized spacial score (nSPS) is 10.6. The van der Waals surface area contributed by atoms with Gasteiger partial charge in [-0.25, -0.2) is 4.79 Å². The molecular weight excluding hydrogens is 376 g/mol. The van der Waals surface area contributed by atoms with Crippen molar-refractivity contribution < 1.29 is 19.1 Å². The van der Waals surface area contributed by atoms with Gasteiger partial charge in [-0.2, -0.15) is 0 Å². The summed E-state index contributed by atoms with van der Waals surface area (Å²) >= 11 is 7.30. The molecule has 0 radical (unpaired) electrons. The lowest BCUT2D eigenvalue weighted by Crippen LogP contribution is -2.31. The maximum absolute atomic E-state index is 12.3. The van der Waals surface area contributed by atoms with Crippen LogP contribution in [0.5, 0.6) is 0 Å². The molecule has 6 nitrogen and oxygen atoms in total. The monoisotopic (exact) mass is 392 g/mol. The lowest BCUT2D eigenvalue weighted by Gasteiger charge is -2.06. The molecule has 8 heteroatoms. The van der Waals surface area contributed by atoms with Crippen LogP contribution in [-0.2, 0) is 9.53 Å². The van der Waals surface area contributed by atoms with Crippen molar-refractivity contribution in [1.82, 2.24) is 5.32 Å². The zero-order valence-corrected chi connectivity index (χ0v) is 16.0. The molecule has 0 saturated heterocycles. The summed E-state index contributed by atoms with van der Waals surface area (Å²) in [6.45, 7) is 3.57. The summed E-state index contributed by atoms with van der Waals surface area (Å²) in [4.78, 5) is 36.6. The molecule has 2 aromatic rings. The van der Waals surface area contributed by atoms with Crippen molar-refractivity contribution in [1.29, 1.82) is 0 Å². The van der Waals surface area contributed by atoms with Gasteiger partial charge >= 0.3 is 6.09 Å². The number of hydrogen-bond donors (Lipinski definition) is 2. The molecule has 0 aliphatic carbocycles. The van der Waals surface area contributed by atoms with Crippen molar-refractivity contribution in [2.75, 3.05) is 12.4 Å². The zero-order valence-electron chi connectivity index (χ0n) is 14.4. The molecule has 3 amide bonds. The van der Waals surface area contributed by atoms with E-state index in [1.807, 2.05) is 13.0 Å². The molecule has 0 fully saturated rings. The Morgan fingerprint density at radius 3 is 2.54 bits per heavy atom. The number of methoxy groups -OCH3 is 1. The third kappa shape index (κ3) is 4.71. The molecule has 2 rings (SSSR count). The largest absolute Gasteiger partial charge is 0.453 e. The van der Waals surface area contributed by atoms with Gasteiger partial charge < -0.3 is 10.1 Å². The zero-order chi connectivity index (χ0) is 19.3. The van der Waals surface area contributed by atoms with Crippen LogP contribution in [0.1, 0.15) is 26.4 Å². The smallest absolute Gasteiger partial charge is 0.413 e. The van der Waals surface area contributed by atoms with E-state index in [1.165, 1.54) is 17.4 Å². The number of benzene rings is 1. The first-order valence-corrected chi connectivity index (χ1v) is 8.75. The SMILES string of the molecule is COC(=O)NC(=O)c1c(NC(=O)/C=C/c2ccccc2Cl)sc(C)c1C. The van der Waals surface area contributed by atoms with Gasteiger partial charge in [0.05, 0.1) is 12.7 Å². The third-order valence-electron chi connectivity index (χ3n) is 3.57. The molecule has 0 aliphatic heterocycles. The molecule has 136 valence electrons. The summed E-state index contributed by atoms with van der Waals surface area (Å²) in [5, 5.41) is 5.65. The lowest BCUT2D eigenvalue weighted by atomic mass is 10.1. The minimum absolute atomic E-state index is 0.234. The van der Waals surface area contributed by atoms with Crippen LogP contribution < -0.4 is 10.6 Å². The van der Waals surface area contributed by atoms with Crippen LogP contribution in [0.25, 0.3) is 6.08 Å². The van der Waals surface area contributed by atoms with Crippen molar-refractivity contribution in [3.05, 3.63) is 56.9 Å². The number of anilines is 1. The van der Waals surface area contributed by atoms with Gasteiger partial charge in [0.15, 0.2) is 0 Å². The van der Waals surface area contributed by atoms with Crippen LogP contribution in [0, 0.1) is 13.8 Å². The number of carbonyl (C=O) groups is 3. The topological polar surface area (TPSA) is 84.5 Å². The second-order valence-corrected chi connectivity index (χ2v) is 6.91. The number of hydrogen-bond acceptors (Lipinski definition) is 5. The van der Waals surface area contributed by atoms with Gasteiger partial charge in [-0.1, -0.05) is 29.8 Å². The van der Waals surface area contributed by atoms with Crippen LogP contribution in [0.2, 0.25) is 5.02 Å². The number of halogens is 1. The van der Waals surface area contributed by atoms with Gasteiger partial charge in [-0.15, -0.1) is 11.3 Å². The van der Waals surface area contributed by atoms with E-state index >= 15 is 0 Å². The molecule has 26 heavy (non-hydrogen) atoms. The Kier molecular flexibility index (Phi) is 6.54. The van der Waals surface area contributed by atoms with E-state index in [1.54, 1.807) is 31.2 Å². The second-order valence-electron chi connectivity index (χ2n) is 5.28. The number of ether oxygens (including phenoxy) is 1. The van der Waals surface area contributed by atoms with Gasteiger partial charge in [0.2, 0.25) is 5.91 Å². The van der Waals surface area contributed by atoms with Gasteiger partial charge in [0.25, 0.3) is 5.91 Å². The maximum Gasteiger partial charge on any atom is 0.413 e. The van der Waals surface area contributed by atoms with E-state index < -0.39 is 17.9 Å². The Bertz CT molecular complexity index is 889. The molecular formula is C18H17ClN2O4S. The van der Waals surface area contributed by atoms with Crippen molar-refractivity contribution in [3.8, 4) is 0 Å². The number of thiophene rings is 1. The number of rotatable bonds is 4. The molecule has 0 saturated carbocycles. The predicted octanol–water partition coefficient (Wildman–Crippen LogP) is 4.17. The van der Waals surface area contributed by atoms with Gasteiger partial charge in [-0.3, -0.25) is 14.9 Å². The maximum atomic E-state index is 12.3. The molecule has 2 N–H and O–H groups in total. The Labute approximate surface area is 159 Å². The fourth-order valence-corrected chi connectivity index (χ4v) is 3.38. The average Bonchev–Trinajstić information content (AvgIpc) is 2.87. The van der Waals surface area contributed by atoms with E-state index in [9.17, 15) is 14.4 Å². The van der Waals surface area contributed by atoms with Crippen molar-refractivity contribution in [2.45, 2.75) is 13.8 Å². The van der Waals surface area contributed by atoms with E-state index in [0.29, 0.717) is 21.2 Å². The van der Waals surface area contributed by atoms with Gasteiger partial charge in [0.1, 0.15) is 5.00 Å². The number of amides is 3. The molecule has 0 unspecified atom stereocenters. The summed E-state index contributed by atoms with van der Waals surface area (Å²) < 4.78 is 4.43. The minimum Gasteiger partial charge on any atom is -0.453 e. The Morgan fingerprint density at radius 1 is 1.19 bits per heavy atom. The third-order valence-corrected chi connectivity index (χ3v) is 5.04. The van der Waals surface area contributed by atoms with Gasteiger partial charge in [0, 0.05) is 16.0 Å². The number of alkyl carbamates (subject to hydrolysis) is 1. The quantitative estimate of drug-likeness (QED) is 0.765. The molecule has 0 bridgehead atoms. The highest BCUT2D eigenvalue weighted by atomic mass is 35.5. The summed E-state index contributed by atoms with van der Waals surface area (Å²) in [6.07, 6.45) is 2.04. The summed E-state index contributed by atoms with van der Waals surface area (Å²) in [6, 6.07) is 7.11. The number of aryl methyl sites for hydroxylation is 1.